The lowest BCUT2D eigenvalue weighted by Crippen LogP contribution is -2.10. The average Bonchev–Trinajstić information content (AvgIpc) is 2.78. The molecule has 1 aromatic carbocycles. The Morgan fingerprint density at radius 3 is 2.24 bits per heavy atom. The standard InChI is InChI=1S/C17H20/c1-17(2,3)16-12-10-15(11-13-16)9-8-14-6-4-5-7-14/h6,10-13H,4-5,7H2,1-3H3. The summed E-state index contributed by atoms with van der Waals surface area (Å²) in [6.07, 6.45) is 5.89. The lowest BCUT2D eigenvalue weighted by molar-refractivity contribution is 0.590. The van der Waals surface area contributed by atoms with E-state index in [4.69, 9.17) is 0 Å². The fourth-order valence-electron chi connectivity index (χ4n) is 1.99. The lowest BCUT2D eigenvalue weighted by atomic mass is 9.87. The van der Waals surface area contributed by atoms with Gasteiger partial charge in [0.1, 0.15) is 0 Å². The van der Waals surface area contributed by atoms with Crippen molar-refractivity contribution in [2.45, 2.75) is 45.4 Å². The van der Waals surface area contributed by atoms with Gasteiger partial charge in [-0.2, -0.15) is 0 Å². The van der Waals surface area contributed by atoms with Crippen LogP contribution in [0.5, 0.6) is 0 Å². The molecule has 0 saturated heterocycles. The van der Waals surface area contributed by atoms with Gasteiger partial charge in [-0.25, -0.2) is 0 Å². The summed E-state index contributed by atoms with van der Waals surface area (Å²) in [5, 5.41) is 0. The molecule has 0 radical (unpaired) electrons. The van der Waals surface area contributed by atoms with Crippen molar-refractivity contribution in [2.24, 2.45) is 0 Å². The first-order chi connectivity index (χ1) is 8.05. The minimum Gasteiger partial charge on any atom is -0.0729 e. The molecule has 2 rings (SSSR count). The molecule has 0 nitrogen and oxygen atoms in total. The van der Waals surface area contributed by atoms with Crippen LogP contribution in [0, 0.1) is 11.8 Å². The van der Waals surface area contributed by atoms with Crippen molar-refractivity contribution in [3.63, 3.8) is 0 Å². The fourth-order valence-corrected chi connectivity index (χ4v) is 1.99. The average molecular weight is 224 g/mol. The number of rotatable bonds is 0. The molecule has 88 valence electrons. The van der Waals surface area contributed by atoms with E-state index in [1.807, 2.05) is 0 Å². The molecule has 0 aromatic heterocycles. The molecule has 0 heterocycles. The molecule has 0 heteroatoms. The highest BCUT2D eigenvalue weighted by Gasteiger charge is 2.12. The van der Waals surface area contributed by atoms with Gasteiger partial charge < -0.3 is 0 Å². The van der Waals surface area contributed by atoms with Crippen LogP contribution in [0.2, 0.25) is 0 Å². The molecule has 0 saturated carbocycles. The van der Waals surface area contributed by atoms with Crippen molar-refractivity contribution in [3.8, 4) is 11.8 Å². The van der Waals surface area contributed by atoms with E-state index in [0.717, 1.165) is 12.0 Å². The van der Waals surface area contributed by atoms with E-state index in [2.05, 4.69) is 63.0 Å². The SMILES string of the molecule is CC(C)(C)c1ccc(C#CC2=CCCC2)cc1. The molecule has 1 aliphatic carbocycles. The zero-order valence-corrected chi connectivity index (χ0v) is 11.0. The minimum absolute atomic E-state index is 0.222. The molecule has 0 bridgehead atoms. The molecule has 0 aliphatic heterocycles. The quantitative estimate of drug-likeness (QED) is 0.571. The van der Waals surface area contributed by atoms with E-state index in [0.29, 0.717) is 0 Å². The molecule has 17 heavy (non-hydrogen) atoms. The third-order valence-corrected chi connectivity index (χ3v) is 3.16. The Kier molecular flexibility index (Phi) is 3.38. The normalized spacial score (nSPS) is 15.1. The smallest absolute Gasteiger partial charge is 0.0249 e. The third kappa shape index (κ3) is 3.24. The van der Waals surface area contributed by atoms with Gasteiger partial charge in [-0.1, -0.05) is 50.8 Å². The van der Waals surface area contributed by atoms with Crippen molar-refractivity contribution in [3.05, 3.63) is 47.0 Å². The van der Waals surface area contributed by atoms with Gasteiger partial charge in [0.15, 0.2) is 0 Å². The topological polar surface area (TPSA) is 0 Å². The Labute approximate surface area is 105 Å². The molecular weight excluding hydrogens is 204 g/mol. The summed E-state index contributed by atoms with van der Waals surface area (Å²) in [5.41, 5.74) is 4.01. The summed E-state index contributed by atoms with van der Waals surface area (Å²) >= 11 is 0. The fraction of sp³-hybridized carbons (Fsp3) is 0.412. The zero-order chi connectivity index (χ0) is 12.3. The van der Waals surface area contributed by atoms with Crippen LogP contribution in [0.1, 0.15) is 51.2 Å². The van der Waals surface area contributed by atoms with Crippen LogP contribution < -0.4 is 0 Å². The first-order valence-electron chi connectivity index (χ1n) is 6.37. The summed E-state index contributed by atoms with van der Waals surface area (Å²) < 4.78 is 0. The number of allylic oxidation sites excluding steroid dienone is 2. The van der Waals surface area contributed by atoms with Gasteiger partial charge in [0.2, 0.25) is 0 Å². The van der Waals surface area contributed by atoms with Gasteiger partial charge in [-0.3, -0.25) is 0 Å². The van der Waals surface area contributed by atoms with Crippen LogP contribution in [-0.4, -0.2) is 0 Å². The van der Waals surface area contributed by atoms with Gasteiger partial charge in [0, 0.05) is 5.56 Å². The van der Waals surface area contributed by atoms with Crippen LogP contribution in [0.3, 0.4) is 0 Å². The van der Waals surface area contributed by atoms with Gasteiger partial charge in [0.05, 0.1) is 0 Å². The van der Waals surface area contributed by atoms with E-state index >= 15 is 0 Å². The van der Waals surface area contributed by atoms with E-state index in [1.165, 1.54) is 24.0 Å². The summed E-state index contributed by atoms with van der Waals surface area (Å²) in [4.78, 5) is 0. The molecule has 0 amide bonds. The number of hydrogen-bond donors (Lipinski definition) is 0. The summed E-state index contributed by atoms with van der Waals surface area (Å²) in [7, 11) is 0. The summed E-state index contributed by atoms with van der Waals surface area (Å²) in [6, 6.07) is 8.63. The molecule has 1 aromatic rings. The van der Waals surface area contributed by atoms with Gasteiger partial charge in [0.25, 0.3) is 0 Å². The maximum atomic E-state index is 3.27. The number of hydrogen-bond acceptors (Lipinski definition) is 0. The third-order valence-electron chi connectivity index (χ3n) is 3.16. The van der Waals surface area contributed by atoms with Crippen molar-refractivity contribution < 1.29 is 0 Å². The predicted octanol–water partition coefficient (Wildman–Crippen LogP) is 4.45. The second kappa shape index (κ2) is 4.80. The molecule has 0 unspecified atom stereocenters. The summed E-state index contributed by atoms with van der Waals surface area (Å²) in [6.45, 7) is 6.70. The molecule has 0 atom stereocenters. The number of benzene rings is 1. The van der Waals surface area contributed by atoms with Gasteiger partial charge in [-0.15, -0.1) is 0 Å². The highest BCUT2D eigenvalue weighted by Crippen LogP contribution is 2.22. The van der Waals surface area contributed by atoms with Crippen molar-refractivity contribution in [1.82, 2.24) is 0 Å². The van der Waals surface area contributed by atoms with Crippen LogP contribution >= 0.6 is 0 Å². The second-order valence-electron chi connectivity index (χ2n) is 5.70. The monoisotopic (exact) mass is 224 g/mol. The Bertz CT molecular complexity index is 470. The Morgan fingerprint density at radius 2 is 1.71 bits per heavy atom. The zero-order valence-electron chi connectivity index (χ0n) is 11.0. The largest absolute Gasteiger partial charge is 0.0729 e. The van der Waals surface area contributed by atoms with Crippen LogP contribution in [0.15, 0.2) is 35.9 Å². The Hall–Kier alpha value is -1.48. The first kappa shape index (κ1) is 12.0. The second-order valence-corrected chi connectivity index (χ2v) is 5.70. The van der Waals surface area contributed by atoms with Crippen molar-refractivity contribution in [2.75, 3.05) is 0 Å². The van der Waals surface area contributed by atoms with Crippen molar-refractivity contribution >= 4 is 0 Å². The minimum atomic E-state index is 0.222. The highest BCUT2D eigenvalue weighted by atomic mass is 14.2. The molecule has 0 spiro atoms. The highest BCUT2D eigenvalue weighted by molar-refractivity contribution is 5.43. The van der Waals surface area contributed by atoms with Gasteiger partial charge >= 0.3 is 0 Å². The Morgan fingerprint density at radius 1 is 1.00 bits per heavy atom. The van der Waals surface area contributed by atoms with E-state index in [-0.39, 0.29) is 5.41 Å². The Balaban J connectivity index is 2.13. The van der Waals surface area contributed by atoms with Crippen LogP contribution in [0.4, 0.5) is 0 Å². The van der Waals surface area contributed by atoms with Gasteiger partial charge in [-0.05, 0) is 47.9 Å². The summed E-state index contributed by atoms with van der Waals surface area (Å²) in [5.74, 6) is 6.51. The van der Waals surface area contributed by atoms with E-state index < -0.39 is 0 Å². The van der Waals surface area contributed by atoms with E-state index in [9.17, 15) is 0 Å². The molecule has 1 aliphatic rings. The maximum Gasteiger partial charge on any atom is 0.0249 e. The molecule has 0 fully saturated rings. The molecular formula is C17H20. The lowest BCUT2D eigenvalue weighted by Gasteiger charge is -2.18. The van der Waals surface area contributed by atoms with Crippen LogP contribution in [0.25, 0.3) is 0 Å². The van der Waals surface area contributed by atoms with Crippen LogP contribution in [-0.2, 0) is 5.41 Å². The maximum absolute atomic E-state index is 3.27. The van der Waals surface area contributed by atoms with Crippen molar-refractivity contribution in [1.29, 1.82) is 0 Å². The molecule has 0 N–H and O–H groups in total. The van der Waals surface area contributed by atoms with E-state index in [1.54, 1.807) is 0 Å². The predicted molar refractivity (Wildman–Crippen MR) is 74.0 cm³/mol. The first-order valence-corrected chi connectivity index (χ1v) is 6.37.